The van der Waals surface area contributed by atoms with Gasteiger partial charge in [-0.3, -0.25) is 9.69 Å². The molecule has 1 aliphatic rings. The van der Waals surface area contributed by atoms with Crippen LogP contribution in [-0.4, -0.2) is 63.6 Å². The molecule has 0 aliphatic carbocycles. The number of hydrogen-bond donors (Lipinski definition) is 4. The lowest BCUT2D eigenvalue weighted by Crippen LogP contribution is -2.46. The number of carbonyl (C=O) groups excluding carboxylic acids is 1. The highest BCUT2D eigenvalue weighted by atomic mass is 16.3. The zero-order valence-corrected chi connectivity index (χ0v) is 12.0. The van der Waals surface area contributed by atoms with Crippen LogP contribution in [0.4, 0.5) is 0 Å². The molecule has 1 fully saturated rings. The standard InChI is InChI=1S/C15H22N2O4/c1-10(19)16-7-12-14(20)15(21)13(9-18)17(12)8-11-5-3-2-4-6-11/h2-6,12-15,18,20-21H,7-9H2,1H3,(H,16,19)/t12-,13-,14-,15-/m1/s1. The monoisotopic (exact) mass is 294 g/mol. The molecule has 6 nitrogen and oxygen atoms in total. The van der Waals surface area contributed by atoms with Crippen molar-refractivity contribution >= 4 is 5.91 Å². The maximum Gasteiger partial charge on any atom is 0.216 e. The van der Waals surface area contributed by atoms with Crippen LogP contribution in [0.2, 0.25) is 0 Å². The van der Waals surface area contributed by atoms with E-state index in [9.17, 15) is 20.1 Å². The number of benzene rings is 1. The van der Waals surface area contributed by atoms with Crippen LogP contribution in [-0.2, 0) is 11.3 Å². The average Bonchev–Trinajstić information content (AvgIpc) is 2.69. The van der Waals surface area contributed by atoms with Gasteiger partial charge in [0.2, 0.25) is 5.91 Å². The van der Waals surface area contributed by atoms with Crippen LogP contribution in [0, 0.1) is 0 Å². The van der Waals surface area contributed by atoms with Gasteiger partial charge < -0.3 is 20.6 Å². The molecule has 0 spiro atoms. The number of amides is 1. The van der Waals surface area contributed by atoms with Gasteiger partial charge in [0.1, 0.15) is 0 Å². The summed E-state index contributed by atoms with van der Waals surface area (Å²) in [6.07, 6.45) is -2.03. The topological polar surface area (TPSA) is 93.0 Å². The molecule has 1 amide bonds. The Balaban J connectivity index is 2.16. The van der Waals surface area contributed by atoms with Crippen LogP contribution in [0.15, 0.2) is 30.3 Å². The number of nitrogens with zero attached hydrogens (tertiary/aromatic N) is 1. The van der Waals surface area contributed by atoms with Crippen molar-refractivity contribution in [3.63, 3.8) is 0 Å². The summed E-state index contributed by atoms with van der Waals surface area (Å²) in [6.45, 7) is 1.88. The minimum Gasteiger partial charge on any atom is -0.395 e. The first-order valence-corrected chi connectivity index (χ1v) is 7.05. The Hall–Kier alpha value is -1.47. The highest BCUT2D eigenvalue weighted by Crippen LogP contribution is 2.27. The number of rotatable bonds is 5. The van der Waals surface area contributed by atoms with E-state index in [2.05, 4.69) is 5.32 Å². The molecule has 4 N–H and O–H groups in total. The van der Waals surface area contributed by atoms with Crippen molar-refractivity contribution in [2.24, 2.45) is 0 Å². The summed E-state index contributed by atoms with van der Waals surface area (Å²) in [7, 11) is 0. The zero-order chi connectivity index (χ0) is 15.4. The fourth-order valence-corrected chi connectivity index (χ4v) is 2.82. The molecule has 0 bridgehead atoms. The first-order chi connectivity index (χ1) is 10.0. The van der Waals surface area contributed by atoms with Crippen molar-refractivity contribution in [1.29, 1.82) is 0 Å². The predicted molar refractivity (Wildman–Crippen MR) is 77.3 cm³/mol. The van der Waals surface area contributed by atoms with Crippen LogP contribution >= 0.6 is 0 Å². The molecular weight excluding hydrogens is 272 g/mol. The molecule has 4 atom stereocenters. The lowest BCUT2D eigenvalue weighted by atomic mass is 10.1. The van der Waals surface area contributed by atoms with Crippen LogP contribution in [0.1, 0.15) is 12.5 Å². The van der Waals surface area contributed by atoms with Crippen molar-refractivity contribution < 1.29 is 20.1 Å². The van der Waals surface area contributed by atoms with Crippen molar-refractivity contribution in [3.05, 3.63) is 35.9 Å². The summed E-state index contributed by atoms with van der Waals surface area (Å²) in [5.41, 5.74) is 1.02. The smallest absolute Gasteiger partial charge is 0.216 e. The molecule has 116 valence electrons. The fraction of sp³-hybridized carbons (Fsp3) is 0.533. The molecular formula is C15H22N2O4. The van der Waals surface area contributed by atoms with E-state index in [1.165, 1.54) is 6.92 Å². The Morgan fingerprint density at radius 1 is 1.19 bits per heavy atom. The van der Waals surface area contributed by atoms with Crippen LogP contribution < -0.4 is 5.32 Å². The van der Waals surface area contributed by atoms with Gasteiger partial charge in [-0.2, -0.15) is 0 Å². The normalized spacial score (nSPS) is 29.5. The second kappa shape index (κ2) is 7.00. The van der Waals surface area contributed by atoms with Gasteiger partial charge in [-0.1, -0.05) is 30.3 Å². The second-order valence-corrected chi connectivity index (χ2v) is 5.39. The summed E-state index contributed by atoms with van der Waals surface area (Å²) >= 11 is 0. The van der Waals surface area contributed by atoms with Gasteiger partial charge in [-0.05, 0) is 5.56 Å². The van der Waals surface area contributed by atoms with E-state index in [0.717, 1.165) is 5.56 Å². The van der Waals surface area contributed by atoms with Gasteiger partial charge >= 0.3 is 0 Å². The SMILES string of the molecule is CC(=O)NC[C@@H]1[C@@H](O)[C@H](O)[C@@H](CO)N1Cc1ccccc1. The Kier molecular flexibility index (Phi) is 5.30. The summed E-state index contributed by atoms with van der Waals surface area (Å²) in [5.74, 6) is -0.191. The van der Waals surface area contributed by atoms with Gasteiger partial charge in [0.05, 0.1) is 30.9 Å². The lowest BCUT2D eigenvalue weighted by Gasteiger charge is -2.29. The van der Waals surface area contributed by atoms with Crippen LogP contribution in [0.25, 0.3) is 0 Å². The molecule has 1 aliphatic heterocycles. The van der Waals surface area contributed by atoms with Gasteiger partial charge in [0.25, 0.3) is 0 Å². The quantitative estimate of drug-likeness (QED) is 0.564. The van der Waals surface area contributed by atoms with Gasteiger partial charge in [-0.25, -0.2) is 0 Å². The van der Waals surface area contributed by atoms with E-state index in [1.807, 2.05) is 35.2 Å². The fourth-order valence-electron chi connectivity index (χ4n) is 2.82. The minimum absolute atomic E-state index is 0.191. The molecule has 0 aromatic heterocycles. The molecule has 1 aromatic rings. The summed E-state index contributed by atoms with van der Waals surface area (Å²) in [4.78, 5) is 12.9. The van der Waals surface area contributed by atoms with Crippen molar-refractivity contribution in [2.75, 3.05) is 13.2 Å². The third kappa shape index (κ3) is 3.59. The molecule has 1 heterocycles. The van der Waals surface area contributed by atoms with E-state index in [1.54, 1.807) is 0 Å². The number of aliphatic hydroxyl groups is 3. The molecule has 2 rings (SSSR count). The van der Waals surface area contributed by atoms with Gasteiger partial charge in [0.15, 0.2) is 0 Å². The van der Waals surface area contributed by atoms with E-state index in [-0.39, 0.29) is 19.1 Å². The zero-order valence-electron chi connectivity index (χ0n) is 12.0. The van der Waals surface area contributed by atoms with Gasteiger partial charge in [0, 0.05) is 20.0 Å². The molecule has 1 aromatic carbocycles. The lowest BCUT2D eigenvalue weighted by molar-refractivity contribution is -0.119. The number of likely N-dealkylation sites (tertiary alicyclic amines) is 1. The second-order valence-electron chi connectivity index (χ2n) is 5.39. The highest BCUT2D eigenvalue weighted by molar-refractivity contribution is 5.72. The van der Waals surface area contributed by atoms with E-state index < -0.39 is 24.3 Å². The molecule has 0 saturated carbocycles. The average molecular weight is 294 g/mol. The minimum atomic E-state index is -1.03. The first kappa shape index (κ1) is 15.9. The van der Waals surface area contributed by atoms with Gasteiger partial charge in [-0.15, -0.1) is 0 Å². The van der Waals surface area contributed by atoms with Crippen molar-refractivity contribution in [1.82, 2.24) is 10.2 Å². The molecule has 0 radical (unpaired) electrons. The van der Waals surface area contributed by atoms with E-state index in [0.29, 0.717) is 6.54 Å². The number of aliphatic hydroxyl groups excluding tert-OH is 3. The number of carbonyl (C=O) groups is 1. The Bertz CT molecular complexity index is 468. The van der Waals surface area contributed by atoms with Crippen molar-refractivity contribution in [2.45, 2.75) is 37.8 Å². The summed E-state index contributed by atoms with van der Waals surface area (Å²) < 4.78 is 0. The summed E-state index contributed by atoms with van der Waals surface area (Å²) in [6, 6.07) is 8.65. The third-order valence-electron chi connectivity index (χ3n) is 3.95. The maximum atomic E-state index is 11.1. The van der Waals surface area contributed by atoms with Crippen LogP contribution in [0.3, 0.4) is 0 Å². The molecule has 21 heavy (non-hydrogen) atoms. The third-order valence-corrected chi connectivity index (χ3v) is 3.95. The highest BCUT2D eigenvalue weighted by Gasteiger charge is 2.46. The first-order valence-electron chi connectivity index (χ1n) is 7.05. The Labute approximate surface area is 124 Å². The predicted octanol–water partition coefficient (Wildman–Crippen LogP) is -0.910. The number of hydrogen-bond acceptors (Lipinski definition) is 5. The molecule has 0 unspecified atom stereocenters. The molecule has 6 heteroatoms. The Morgan fingerprint density at radius 2 is 1.81 bits per heavy atom. The Morgan fingerprint density at radius 3 is 2.38 bits per heavy atom. The maximum absolute atomic E-state index is 11.1. The molecule has 1 saturated heterocycles. The van der Waals surface area contributed by atoms with E-state index >= 15 is 0 Å². The summed E-state index contributed by atoms with van der Waals surface area (Å²) in [5, 5.41) is 32.4. The largest absolute Gasteiger partial charge is 0.395 e. The number of nitrogens with one attached hydrogen (secondary N) is 1. The van der Waals surface area contributed by atoms with Crippen LogP contribution in [0.5, 0.6) is 0 Å². The van der Waals surface area contributed by atoms with Crippen molar-refractivity contribution in [3.8, 4) is 0 Å². The van der Waals surface area contributed by atoms with E-state index in [4.69, 9.17) is 0 Å².